The van der Waals surface area contributed by atoms with Crippen molar-refractivity contribution in [2.45, 2.75) is 6.54 Å². The Labute approximate surface area is 63.8 Å². The number of rotatable bonds is 3. The van der Waals surface area contributed by atoms with Gasteiger partial charge in [-0.2, -0.15) is 0 Å². The van der Waals surface area contributed by atoms with Crippen LogP contribution in [0.5, 0.6) is 0 Å². The van der Waals surface area contributed by atoms with E-state index >= 15 is 0 Å². The highest BCUT2D eigenvalue weighted by Gasteiger charge is 2.11. The monoisotopic (exact) mass is 155 g/mol. The zero-order valence-corrected chi connectivity index (χ0v) is 6.13. The van der Waals surface area contributed by atoms with Gasteiger partial charge >= 0.3 is 5.97 Å². The van der Waals surface area contributed by atoms with Gasteiger partial charge in [0, 0.05) is 0 Å². The molecule has 2 N–H and O–H groups in total. The van der Waals surface area contributed by atoms with E-state index in [1.165, 1.54) is 12.3 Å². The van der Waals surface area contributed by atoms with Crippen LogP contribution in [-0.4, -0.2) is 18.1 Å². The summed E-state index contributed by atoms with van der Waals surface area (Å²) < 4.78 is 4.92. The average Bonchev–Trinajstić information content (AvgIpc) is 2.36. The standard InChI is InChI=1S/C7H9NO3/c1-8-4-6-5(7(9)10)2-3-11-6/h2-3,8H,4H2,1H3,(H,9,10). The summed E-state index contributed by atoms with van der Waals surface area (Å²) in [6, 6.07) is 1.44. The fourth-order valence-corrected chi connectivity index (χ4v) is 0.829. The van der Waals surface area contributed by atoms with Crippen LogP contribution in [0.1, 0.15) is 16.1 Å². The van der Waals surface area contributed by atoms with Crippen molar-refractivity contribution in [3.05, 3.63) is 23.7 Å². The van der Waals surface area contributed by atoms with E-state index in [9.17, 15) is 4.79 Å². The van der Waals surface area contributed by atoms with Crippen LogP contribution in [0, 0.1) is 0 Å². The molecule has 0 aromatic carbocycles. The van der Waals surface area contributed by atoms with Crippen molar-refractivity contribution < 1.29 is 14.3 Å². The average molecular weight is 155 g/mol. The van der Waals surface area contributed by atoms with Gasteiger partial charge < -0.3 is 14.8 Å². The molecule has 0 bridgehead atoms. The van der Waals surface area contributed by atoms with Crippen LogP contribution < -0.4 is 5.32 Å². The molecule has 1 heterocycles. The van der Waals surface area contributed by atoms with E-state index in [1.54, 1.807) is 7.05 Å². The molecule has 0 unspecified atom stereocenters. The first-order valence-corrected chi connectivity index (χ1v) is 3.20. The lowest BCUT2D eigenvalue weighted by Gasteiger charge is -1.95. The number of hydrogen-bond donors (Lipinski definition) is 2. The normalized spacial score (nSPS) is 9.91. The predicted molar refractivity (Wildman–Crippen MR) is 38.4 cm³/mol. The van der Waals surface area contributed by atoms with E-state index in [0.717, 1.165) is 0 Å². The Balaban J connectivity index is 2.87. The minimum atomic E-state index is -0.955. The molecule has 0 aliphatic heterocycles. The summed E-state index contributed by atoms with van der Waals surface area (Å²) in [5.41, 5.74) is 0.222. The molecule has 0 saturated heterocycles. The first-order valence-electron chi connectivity index (χ1n) is 3.20. The van der Waals surface area contributed by atoms with E-state index in [-0.39, 0.29) is 5.56 Å². The summed E-state index contributed by atoms with van der Waals surface area (Å²) >= 11 is 0. The second-order valence-electron chi connectivity index (χ2n) is 2.09. The van der Waals surface area contributed by atoms with Gasteiger partial charge in [-0.05, 0) is 13.1 Å². The van der Waals surface area contributed by atoms with Gasteiger partial charge in [0.2, 0.25) is 0 Å². The van der Waals surface area contributed by atoms with Crippen molar-refractivity contribution in [1.29, 1.82) is 0 Å². The fraction of sp³-hybridized carbons (Fsp3) is 0.286. The lowest BCUT2D eigenvalue weighted by Crippen LogP contribution is -2.08. The Hall–Kier alpha value is -1.29. The van der Waals surface area contributed by atoms with Gasteiger partial charge in [-0.1, -0.05) is 0 Å². The van der Waals surface area contributed by atoms with Gasteiger partial charge in [-0.25, -0.2) is 4.79 Å². The highest BCUT2D eigenvalue weighted by molar-refractivity contribution is 5.88. The lowest BCUT2D eigenvalue weighted by atomic mass is 10.2. The number of furan rings is 1. The molecule has 0 spiro atoms. The van der Waals surface area contributed by atoms with Crippen molar-refractivity contribution in [3.63, 3.8) is 0 Å². The molecular formula is C7H9NO3. The van der Waals surface area contributed by atoms with Crippen molar-refractivity contribution in [3.8, 4) is 0 Å². The first-order chi connectivity index (χ1) is 5.25. The molecule has 4 heteroatoms. The maximum atomic E-state index is 10.5. The van der Waals surface area contributed by atoms with E-state index in [1.807, 2.05) is 0 Å². The summed E-state index contributed by atoms with van der Waals surface area (Å²) in [6.07, 6.45) is 1.37. The molecule has 0 amide bonds. The van der Waals surface area contributed by atoms with Crippen molar-refractivity contribution >= 4 is 5.97 Å². The molecule has 11 heavy (non-hydrogen) atoms. The molecule has 1 aromatic heterocycles. The SMILES string of the molecule is CNCc1occc1C(=O)O. The van der Waals surface area contributed by atoms with E-state index in [0.29, 0.717) is 12.3 Å². The Bertz CT molecular complexity index is 254. The molecule has 0 radical (unpaired) electrons. The van der Waals surface area contributed by atoms with Gasteiger partial charge in [0.25, 0.3) is 0 Å². The quantitative estimate of drug-likeness (QED) is 0.674. The van der Waals surface area contributed by atoms with Crippen LogP contribution in [0.4, 0.5) is 0 Å². The zero-order valence-electron chi connectivity index (χ0n) is 6.13. The minimum absolute atomic E-state index is 0.222. The summed E-state index contributed by atoms with van der Waals surface area (Å²) in [7, 11) is 1.73. The molecule has 1 rings (SSSR count). The second-order valence-corrected chi connectivity index (χ2v) is 2.09. The molecule has 4 nitrogen and oxygen atoms in total. The third kappa shape index (κ3) is 1.59. The predicted octanol–water partition coefficient (Wildman–Crippen LogP) is 0.697. The molecule has 0 saturated carbocycles. The Morgan fingerprint density at radius 2 is 2.55 bits per heavy atom. The number of carbonyl (C=O) groups is 1. The molecule has 1 aromatic rings. The fourth-order valence-electron chi connectivity index (χ4n) is 0.829. The molecule has 60 valence electrons. The molecule has 0 atom stereocenters. The smallest absolute Gasteiger partial charge is 0.339 e. The molecule has 0 fully saturated rings. The maximum Gasteiger partial charge on any atom is 0.339 e. The van der Waals surface area contributed by atoms with Gasteiger partial charge in [0.15, 0.2) is 0 Å². The van der Waals surface area contributed by atoms with E-state index in [2.05, 4.69) is 5.32 Å². The number of nitrogens with one attached hydrogen (secondary N) is 1. The minimum Gasteiger partial charge on any atom is -0.478 e. The van der Waals surface area contributed by atoms with Crippen LogP contribution in [0.25, 0.3) is 0 Å². The third-order valence-corrected chi connectivity index (χ3v) is 1.31. The van der Waals surface area contributed by atoms with E-state index < -0.39 is 5.97 Å². The lowest BCUT2D eigenvalue weighted by molar-refractivity contribution is 0.0694. The molecule has 0 aliphatic carbocycles. The van der Waals surface area contributed by atoms with Gasteiger partial charge in [0.05, 0.1) is 12.8 Å². The van der Waals surface area contributed by atoms with Crippen LogP contribution in [0.2, 0.25) is 0 Å². The van der Waals surface area contributed by atoms with Crippen molar-refractivity contribution in [1.82, 2.24) is 5.32 Å². The Kier molecular flexibility index (Phi) is 2.28. The summed E-state index contributed by atoms with van der Waals surface area (Å²) in [5, 5.41) is 11.4. The molecular weight excluding hydrogens is 146 g/mol. The first kappa shape index (κ1) is 7.81. The van der Waals surface area contributed by atoms with Crippen LogP contribution in [0.3, 0.4) is 0 Å². The highest BCUT2D eigenvalue weighted by Crippen LogP contribution is 2.09. The van der Waals surface area contributed by atoms with Crippen molar-refractivity contribution in [2.24, 2.45) is 0 Å². The number of carboxylic acid groups (broad SMARTS) is 1. The Morgan fingerprint density at radius 1 is 1.82 bits per heavy atom. The second kappa shape index (κ2) is 3.21. The Morgan fingerprint density at radius 3 is 3.09 bits per heavy atom. The number of hydrogen-bond acceptors (Lipinski definition) is 3. The number of carboxylic acids is 1. The van der Waals surface area contributed by atoms with Crippen molar-refractivity contribution in [2.75, 3.05) is 7.05 Å². The van der Waals surface area contributed by atoms with Crippen LogP contribution >= 0.6 is 0 Å². The van der Waals surface area contributed by atoms with Gasteiger partial charge in [0.1, 0.15) is 11.3 Å². The largest absolute Gasteiger partial charge is 0.478 e. The van der Waals surface area contributed by atoms with Gasteiger partial charge in [-0.3, -0.25) is 0 Å². The topological polar surface area (TPSA) is 62.5 Å². The number of aromatic carboxylic acids is 1. The maximum absolute atomic E-state index is 10.5. The highest BCUT2D eigenvalue weighted by atomic mass is 16.4. The zero-order chi connectivity index (χ0) is 8.27. The van der Waals surface area contributed by atoms with Crippen LogP contribution in [0.15, 0.2) is 16.7 Å². The van der Waals surface area contributed by atoms with E-state index in [4.69, 9.17) is 9.52 Å². The summed E-state index contributed by atoms with van der Waals surface area (Å²) in [4.78, 5) is 10.5. The summed E-state index contributed by atoms with van der Waals surface area (Å²) in [5.74, 6) is -0.496. The van der Waals surface area contributed by atoms with Gasteiger partial charge in [-0.15, -0.1) is 0 Å². The van der Waals surface area contributed by atoms with Crippen LogP contribution in [-0.2, 0) is 6.54 Å². The third-order valence-electron chi connectivity index (χ3n) is 1.31. The summed E-state index contributed by atoms with van der Waals surface area (Å²) in [6.45, 7) is 0.439. The molecule has 0 aliphatic rings.